The third kappa shape index (κ3) is 4.42. The van der Waals surface area contributed by atoms with Crippen LogP contribution in [0.5, 0.6) is 5.75 Å². The Labute approximate surface area is 153 Å². The smallest absolute Gasteiger partial charge is 0.255 e. The molecule has 6 heteroatoms. The molecule has 1 aromatic carbocycles. The van der Waals surface area contributed by atoms with Crippen molar-refractivity contribution in [3.8, 4) is 5.75 Å². The van der Waals surface area contributed by atoms with E-state index in [-0.39, 0.29) is 5.91 Å². The molecule has 0 unspecified atom stereocenters. The highest BCUT2D eigenvalue weighted by Crippen LogP contribution is 2.30. The van der Waals surface area contributed by atoms with Gasteiger partial charge in [-0.25, -0.2) is 0 Å². The minimum atomic E-state index is 0.0381. The molecule has 0 aliphatic carbocycles. The third-order valence-electron chi connectivity index (χ3n) is 4.32. The highest BCUT2D eigenvalue weighted by Gasteiger charge is 2.18. The summed E-state index contributed by atoms with van der Waals surface area (Å²) >= 11 is 6.07. The van der Waals surface area contributed by atoms with E-state index in [9.17, 15) is 4.79 Å². The topological polar surface area (TPSA) is 54.5 Å². The van der Waals surface area contributed by atoms with Crippen molar-refractivity contribution in [3.63, 3.8) is 0 Å². The Bertz CT molecular complexity index is 743. The fraction of sp³-hybridized carbons (Fsp3) is 0.368. The summed E-state index contributed by atoms with van der Waals surface area (Å²) in [5.41, 5.74) is 2.05. The lowest BCUT2D eigenvalue weighted by molar-refractivity contribution is 0.0761. The second-order valence-electron chi connectivity index (χ2n) is 6.14. The van der Waals surface area contributed by atoms with Gasteiger partial charge in [0.2, 0.25) is 0 Å². The first-order valence-corrected chi connectivity index (χ1v) is 8.90. The molecule has 0 radical (unpaired) electrons. The maximum absolute atomic E-state index is 12.7. The summed E-state index contributed by atoms with van der Waals surface area (Å²) in [5.74, 6) is 0.713. The molecule has 0 bridgehead atoms. The number of likely N-dealkylation sites (tertiary alicyclic amines) is 1. The van der Waals surface area contributed by atoms with E-state index in [0.717, 1.165) is 37.3 Å². The molecule has 0 spiro atoms. The number of halogens is 1. The average Bonchev–Trinajstić information content (AvgIpc) is 2.91. The zero-order valence-corrected chi connectivity index (χ0v) is 15.1. The van der Waals surface area contributed by atoms with Gasteiger partial charge in [-0.1, -0.05) is 24.4 Å². The third-order valence-corrected chi connectivity index (χ3v) is 4.55. The predicted molar refractivity (Wildman–Crippen MR) is 99.9 cm³/mol. The summed E-state index contributed by atoms with van der Waals surface area (Å²) in [6.45, 7) is 1.64. The zero-order chi connectivity index (χ0) is 17.6. The number of pyridine rings is 1. The van der Waals surface area contributed by atoms with Crippen LogP contribution in [0.4, 0.5) is 11.4 Å². The van der Waals surface area contributed by atoms with E-state index in [1.54, 1.807) is 37.7 Å². The van der Waals surface area contributed by atoms with E-state index in [2.05, 4.69) is 10.3 Å². The average molecular weight is 360 g/mol. The van der Waals surface area contributed by atoms with Crippen LogP contribution in [0.15, 0.2) is 36.7 Å². The van der Waals surface area contributed by atoms with E-state index in [0.29, 0.717) is 16.3 Å². The summed E-state index contributed by atoms with van der Waals surface area (Å²) in [5, 5.41) is 3.84. The number of nitrogens with one attached hydrogen (secondary N) is 1. The fourth-order valence-corrected chi connectivity index (χ4v) is 3.19. The van der Waals surface area contributed by atoms with Gasteiger partial charge in [-0.05, 0) is 37.1 Å². The predicted octanol–water partition coefficient (Wildman–Crippen LogP) is 4.50. The second kappa shape index (κ2) is 8.21. The van der Waals surface area contributed by atoms with E-state index in [1.807, 2.05) is 11.0 Å². The molecule has 25 heavy (non-hydrogen) atoms. The molecular formula is C19H22ClN3O2. The van der Waals surface area contributed by atoms with Crippen LogP contribution >= 0.6 is 11.6 Å². The van der Waals surface area contributed by atoms with Crippen LogP contribution < -0.4 is 10.1 Å². The number of carbonyl (C=O) groups excluding carboxylic acids is 1. The Balaban J connectivity index is 1.79. The molecule has 1 aliphatic heterocycles. The molecule has 1 fully saturated rings. The number of benzene rings is 1. The quantitative estimate of drug-likeness (QED) is 0.873. The van der Waals surface area contributed by atoms with Gasteiger partial charge in [0.25, 0.3) is 5.91 Å². The van der Waals surface area contributed by atoms with Crippen molar-refractivity contribution in [2.24, 2.45) is 0 Å². The molecule has 132 valence electrons. The van der Waals surface area contributed by atoms with Gasteiger partial charge in [0.05, 0.1) is 30.2 Å². The summed E-state index contributed by atoms with van der Waals surface area (Å²) < 4.78 is 5.34. The van der Waals surface area contributed by atoms with E-state index >= 15 is 0 Å². The molecule has 1 aromatic heterocycles. The van der Waals surface area contributed by atoms with Gasteiger partial charge in [0, 0.05) is 24.3 Å². The Kier molecular flexibility index (Phi) is 5.76. The molecule has 1 N–H and O–H groups in total. The van der Waals surface area contributed by atoms with Crippen molar-refractivity contribution in [2.45, 2.75) is 25.7 Å². The van der Waals surface area contributed by atoms with Crippen LogP contribution in [0.1, 0.15) is 36.0 Å². The summed E-state index contributed by atoms with van der Waals surface area (Å²) in [4.78, 5) is 18.9. The molecule has 5 nitrogen and oxygen atoms in total. The van der Waals surface area contributed by atoms with E-state index in [1.165, 1.54) is 12.8 Å². The molecule has 2 aromatic rings. The molecule has 3 rings (SSSR count). The minimum absolute atomic E-state index is 0.0381. The highest BCUT2D eigenvalue weighted by molar-refractivity contribution is 6.31. The Morgan fingerprint density at radius 3 is 2.64 bits per heavy atom. The lowest BCUT2D eigenvalue weighted by Crippen LogP contribution is -2.31. The van der Waals surface area contributed by atoms with Gasteiger partial charge in [0.15, 0.2) is 0 Å². The molecule has 1 aliphatic rings. The Morgan fingerprint density at radius 2 is 1.92 bits per heavy atom. The number of amides is 1. The number of hydrogen-bond donors (Lipinski definition) is 1. The zero-order valence-electron chi connectivity index (χ0n) is 14.3. The summed E-state index contributed by atoms with van der Waals surface area (Å²) in [6.07, 6.45) is 7.82. The van der Waals surface area contributed by atoms with Crippen molar-refractivity contribution in [3.05, 3.63) is 47.2 Å². The van der Waals surface area contributed by atoms with Crippen LogP contribution in [0, 0.1) is 0 Å². The molecule has 0 atom stereocenters. The Hall–Kier alpha value is -2.27. The van der Waals surface area contributed by atoms with Crippen molar-refractivity contribution in [1.82, 2.24) is 9.88 Å². The number of hydrogen-bond acceptors (Lipinski definition) is 4. The van der Waals surface area contributed by atoms with Crippen molar-refractivity contribution in [1.29, 1.82) is 0 Å². The molecular weight excluding hydrogens is 338 g/mol. The standard InChI is InChI=1S/C19H22ClN3O2/c1-25-18-7-6-15(20)11-17(18)22-16-10-14(12-21-13-16)19(24)23-8-4-2-3-5-9-23/h6-7,10-13,22H,2-5,8-9H2,1H3. The number of ether oxygens (including phenoxy) is 1. The van der Waals surface area contributed by atoms with Crippen LogP contribution in [0.3, 0.4) is 0 Å². The number of methoxy groups -OCH3 is 1. The lowest BCUT2D eigenvalue weighted by Gasteiger charge is -2.20. The van der Waals surface area contributed by atoms with Gasteiger partial charge in [0.1, 0.15) is 5.75 Å². The molecule has 1 amide bonds. The highest BCUT2D eigenvalue weighted by atomic mass is 35.5. The van der Waals surface area contributed by atoms with Gasteiger partial charge < -0.3 is 15.0 Å². The van der Waals surface area contributed by atoms with Crippen LogP contribution in [0.25, 0.3) is 0 Å². The lowest BCUT2D eigenvalue weighted by atomic mass is 10.2. The number of anilines is 2. The van der Waals surface area contributed by atoms with Crippen molar-refractivity contribution in [2.75, 3.05) is 25.5 Å². The van der Waals surface area contributed by atoms with Crippen LogP contribution in [-0.4, -0.2) is 36.0 Å². The van der Waals surface area contributed by atoms with Crippen molar-refractivity contribution >= 4 is 28.9 Å². The first-order chi connectivity index (χ1) is 12.2. The summed E-state index contributed by atoms with van der Waals surface area (Å²) in [7, 11) is 1.60. The number of nitrogens with zero attached hydrogens (tertiary/aromatic N) is 2. The number of carbonyl (C=O) groups is 1. The first kappa shape index (κ1) is 17.5. The maximum atomic E-state index is 12.7. The Morgan fingerprint density at radius 1 is 1.16 bits per heavy atom. The van der Waals surface area contributed by atoms with E-state index in [4.69, 9.17) is 16.3 Å². The van der Waals surface area contributed by atoms with E-state index < -0.39 is 0 Å². The van der Waals surface area contributed by atoms with Crippen LogP contribution in [0.2, 0.25) is 5.02 Å². The van der Waals surface area contributed by atoms with Gasteiger partial charge in [-0.2, -0.15) is 0 Å². The summed E-state index contributed by atoms with van der Waals surface area (Å²) in [6, 6.07) is 7.16. The minimum Gasteiger partial charge on any atom is -0.495 e. The monoisotopic (exact) mass is 359 g/mol. The second-order valence-corrected chi connectivity index (χ2v) is 6.57. The van der Waals surface area contributed by atoms with Crippen LogP contribution in [-0.2, 0) is 0 Å². The SMILES string of the molecule is COc1ccc(Cl)cc1Nc1cncc(C(=O)N2CCCCCC2)c1. The fourth-order valence-electron chi connectivity index (χ4n) is 3.01. The normalized spacial score (nSPS) is 14.7. The largest absolute Gasteiger partial charge is 0.495 e. The van der Waals surface area contributed by atoms with Gasteiger partial charge >= 0.3 is 0 Å². The van der Waals surface area contributed by atoms with Gasteiger partial charge in [-0.15, -0.1) is 0 Å². The molecule has 1 saturated heterocycles. The molecule has 0 saturated carbocycles. The first-order valence-electron chi connectivity index (χ1n) is 8.52. The van der Waals surface area contributed by atoms with Gasteiger partial charge in [-0.3, -0.25) is 9.78 Å². The number of aromatic nitrogens is 1. The van der Waals surface area contributed by atoms with Crippen molar-refractivity contribution < 1.29 is 9.53 Å². The maximum Gasteiger partial charge on any atom is 0.255 e. The number of rotatable bonds is 4. The molecule has 2 heterocycles.